The van der Waals surface area contributed by atoms with Crippen molar-refractivity contribution in [3.05, 3.63) is 16.0 Å². The summed E-state index contributed by atoms with van der Waals surface area (Å²) in [6.45, 7) is 9.73. The highest BCUT2D eigenvalue weighted by Gasteiger charge is 2.18. The fourth-order valence-electron chi connectivity index (χ4n) is 1.81. The van der Waals surface area contributed by atoms with Crippen molar-refractivity contribution in [1.82, 2.24) is 4.90 Å². The van der Waals surface area contributed by atoms with E-state index in [-0.39, 0.29) is 25.0 Å². The number of hydrogen-bond acceptors (Lipinski definition) is 4. The van der Waals surface area contributed by atoms with E-state index in [9.17, 15) is 9.59 Å². The minimum Gasteiger partial charge on any atom is -0.480 e. The van der Waals surface area contributed by atoms with Crippen molar-refractivity contribution in [3.63, 3.8) is 0 Å². The molecular formula is C14H22N2O3S. The van der Waals surface area contributed by atoms with Crippen molar-refractivity contribution in [2.75, 3.05) is 18.4 Å². The summed E-state index contributed by atoms with van der Waals surface area (Å²) in [5.41, 5.74) is 2.27. The molecule has 20 heavy (non-hydrogen) atoms. The zero-order valence-corrected chi connectivity index (χ0v) is 13.4. The highest BCUT2D eigenvalue weighted by Crippen LogP contribution is 2.31. The Hall–Kier alpha value is -1.40. The number of hydrogen-bond donors (Lipinski definition) is 2. The highest BCUT2D eigenvalue weighted by molar-refractivity contribution is 7.16. The Balaban J connectivity index is 2.70. The maximum absolute atomic E-state index is 12.0. The van der Waals surface area contributed by atoms with Gasteiger partial charge < -0.3 is 10.4 Å². The van der Waals surface area contributed by atoms with Crippen LogP contribution in [0.4, 0.5) is 5.00 Å². The van der Waals surface area contributed by atoms with Crippen molar-refractivity contribution in [3.8, 4) is 0 Å². The van der Waals surface area contributed by atoms with Crippen molar-refractivity contribution in [1.29, 1.82) is 0 Å². The number of carboxylic acids is 1. The van der Waals surface area contributed by atoms with Crippen molar-refractivity contribution >= 4 is 28.2 Å². The summed E-state index contributed by atoms with van der Waals surface area (Å²) < 4.78 is 0. The molecule has 5 nitrogen and oxygen atoms in total. The van der Waals surface area contributed by atoms with Crippen LogP contribution in [-0.2, 0) is 9.59 Å². The molecule has 0 unspecified atom stereocenters. The van der Waals surface area contributed by atoms with Gasteiger partial charge in [-0.05, 0) is 45.7 Å². The fourth-order valence-corrected chi connectivity index (χ4v) is 2.89. The van der Waals surface area contributed by atoms with E-state index in [1.165, 1.54) is 10.4 Å². The summed E-state index contributed by atoms with van der Waals surface area (Å²) >= 11 is 1.55. The van der Waals surface area contributed by atoms with E-state index in [0.29, 0.717) is 0 Å². The molecule has 0 aliphatic carbocycles. The normalized spacial score (nSPS) is 11.2. The summed E-state index contributed by atoms with van der Waals surface area (Å²) in [6.07, 6.45) is 0. The number of thiophene rings is 1. The Bertz CT molecular complexity index is 509. The van der Waals surface area contributed by atoms with E-state index in [4.69, 9.17) is 5.11 Å². The second kappa shape index (κ2) is 6.85. The Labute approximate surface area is 123 Å². The number of carboxylic acid groups (broad SMARTS) is 1. The van der Waals surface area contributed by atoms with Gasteiger partial charge in [-0.1, -0.05) is 0 Å². The molecule has 0 spiro atoms. The van der Waals surface area contributed by atoms with Gasteiger partial charge in [0.1, 0.15) is 0 Å². The molecule has 112 valence electrons. The van der Waals surface area contributed by atoms with Crippen molar-refractivity contribution in [2.45, 2.75) is 40.7 Å². The fraction of sp³-hybridized carbons (Fsp3) is 0.571. The Morgan fingerprint density at radius 1 is 1.20 bits per heavy atom. The molecule has 1 aromatic heterocycles. The van der Waals surface area contributed by atoms with Crippen LogP contribution in [0.25, 0.3) is 0 Å². The van der Waals surface area contributed by atoms with Gasteiger partial charge in [-0.2, -0.15) is 0 Å². The van der Waals surface area contributed by atoms with E-state index in [1.807, 2.05) is 34.6 Å². The van der Waals surface area contributed by atoms with Crippen LogP contribution in [0.1, 0.15) is 29.9 Å². The molecule has 0 aliphatic rings. The molecule has 0 fully saturated rings. The smallest absolute Gasteiger partial charge is 0.317 e. The minimum absolute atomic E-state index is 0.00440. The molecule has 6 heteroatoms. The van der Waals surface area contributed by atoms with Gasteiger partial charge >= 0.3 is 5.97 Å². The molecule has 0 saturated heterocycles. The number of aryl methyl sites for hydroxylation is 1. The minimum atomic E-state index is -0.925. The molecule has 1 heterocycles. The lowest BCUT2D eigenvalue weighted by atomic mass is 10.2. The van der Waals surface area contributed by atoms with Gasteiger partial charge in [0.15, 0.2) is 0 Å². The van der Waals surface area contributed by atoms with Crippen LogP contribution in [0.3, 0.4) is 0 Å². The summed E-state index contributed by atoms with van der Waals surface area (Å²) in [6, 6.07) is 0.00440. The Kier molecular flexibility index (Phi) is 5.71. The van der Waals surface area contributed by atoms with Crippen LogP contribution in [0, 0.1) is 20.8 Å². The maximum atomic E-state index is 12.0. The molecule has 0 aromatic carbocycles. The first-order chi connectivity index (χ1) is 9.22. The maximum Gasteiger partial charge on any atom is 0.317 e. The van der Waals surface area contributed by atoms with Crippen LogP contribution in [0.2, 0.25) is 0 Å². The predicted molar refractivity (Wildman–Crippen MR) is 81.5 cm³/mol. The highest BCUT2D eigenvalue weighted by atomic mass is 32.1. The lowest BCUT2D eigenvalue weighted by molar-refractivity contribution is -0.139. The third-order valence-electron chi connectivity index (χ3n) is 3.35. The molecule has 0 aliphatic heterocycles. The number of nitrogens with one attached hydrogen (secondary N) is 1. The molecule has 2 N–H and O–H groups in total. The van der Waals surface area contributed by atoms with Crippen molar-refractivity contribution in [2.24, 2.45) is 0 Å². The van der Waals surface area contributed by atoms with E-state index < -0.39 is 5.97 Å². The molecule has 1 amide bonds. The van der Waals surface area contributed by atoms with E-state index in [2.05, 4.69) is 5.32 Å². The van der Waals surface area contributed by atoms with E-state index in [1.54, 1.807) is 16.2 Å². The zero-order valence-electron chi connectivity index (χ0n) is 12.6. The Morgan fingerprint density at radius 2 is 1.80 bits per heavy atom. The topological polar surface area (TPSA) is 69.6 Å². The SMILES string of the molecule is Cc1sc(NC(=O)CN(CC(=O)O)C(C)C)c(C)c1C. The van der Waals surface area contributed by atoms with Crippen LogP contribution in [0.5, 0.6) is 0 Å². The van der Waals surface area contributed by atoms with Gasteiger partial charge in [-0.3, -0.25) is 14.5 Å². The van der Waals surface area contributed by atoms with Crippen LogP contribution < -0.4 is 5.32 Å². The number of carbonyl (C=O) groups is 2. The quantitative estimate of drug-likeness (QED) is 0.846. The van der Waals surface area contributed by atoms with Crippen LogP contribution in [0.15, 0.2) is 0 Å². The Morgan fingerprint density at radius 3 is 2.20 bits per heavy atom. The van der Waals surface area contributed by atoms with Gasteiger partial charge in [0.25, 0.3) is 0 Å². The lowest BCUT2D eigenvalue weighted by Gasteiger charge is -2.23. The van der Waals surface area contributed by atoms with Gasteiger partial charge in [-0.15, -0.1) is 11.3 Å². The average molecular weight is 298 g/mol. The van der Waals surface area contributed by atoms with Gasteiger partial charge in [0, 0.05) is 10.9 Å². The molecule has 0 saturated carbocycles. The second-order valence-corrected chi connectivity index (χ2v) is 6.40. The van der Waals surface area contributed by atoms with E-state index in [0.717, 1.165) is 10.6 Å². The largest absolute Gasteiger partial charge is 0.480 e. The monoisotopic (exact) mass is 298 g/mol. The standard InChI is InChI=1S/C14H22N2O3S/c1-8(2)16(7-13(18)19)6-12(17)15-14-10(4)9(3)11(5)20-14/h8H,6-7H2,1-5H3,(H,15,17)(H,18,19). The first-order valence-electron chi connectivity index (χ1n) is 6.54. The van der Waals surface area contributed by atoms with Gasteiger partial charge in [0.2, 0.25) is 5.91 Å². The van der Waals surface area contributed by atoms with Crippen molar-refractivity contribution < 1.29 is 14.7 Å². The number of rotatable bonds is 6. The molecule has 1 rings (SSSR count). The summed E-state index contributed by atoms with van der Waals surface area (Å²) in [5, 5.41) is 12.6. The molecule has 0 radical (unpaired) electrons. The average Bonchev–Trinajstić information content (AvgIpc) is 2.55. The summed E-state index contributed by atoms with van der Waals surface area (Å²) in [4.78, 5) is 25.6. The zero-order chi connectivity index (χ0) is 15.4. The summed E-state index contributed by atoms with van der Waals surface area (Å²) in [7, 11) is 0. The number of amides is 1. The van der Waals surface area contributed by atoms with Crippen LogP contribution in [-0.4, -0.2) is 41.0 Å². The number of anilines is 1. The van der Waals surface area contributed by atoms with Gasteiger partial charge in [0.05, 0.1) is 18.1 Å². The summed E-state index contributed by atoms with van der Waals surface area (Å²) in [5.74, 6) is -1.10. The second-order valence-electron chi connectivity index (χ2n) is 5.18. The number of carbonyl (C=O) groups excluding carboxylic acids is 1. The first-order valence-corrected chi connectivity index (χ1v) is 7.36. The van der Waals surface area contributed by atoms with Crippen LogP contribution >= 0.6 is 11.3 Å². The number of aliphatic carboxylic acids is 1. The predicted octanol–water partition coefficient (Wildman–Crippen LogP) is 2.41. The lowest BCUT2D eigenvalue weighted by Crippen LogP contribution is -2.41. The number of nitrogens with zero attached hydrogens (tertiary/aromatic N) is 1. The third kappa shape index (κ3) is 4.31. The molecule has 0 bridgehead atoms. The van der Waals surface area contributed by atoms with E-state index >= 15 is 0 Å². The third-order valence-corrected chi connectivity index (χ3v) is 4.58. The first kappa shape index (κ1) is 16.7. The molecule has 1 aromatic rings. The molecular weight excluding hydrogens is 276 g/mol. The molecule has 0 atom stereocenters. The van der Waals surface area contributed by atoms with Gasteiger partial charge in [-0.25, -0.2) is 0 Å².